The Balaban J connectivity index is 2.28. The van der Waals surface area contributed by atoms with Crippen LogP contribution in [0.1, 0.15) is 43.0 Å². The molecule has 0 unspecified atom stereocenters. The van der Waals surface area contributed by atoms with Crippen molar-refractivity contribution in [2.75, 3.05) is 6.54 Å². The number of aryl methyl sites for hydroxylation is 1. The number of hydrogen-bond acceptors (Lipinski definition) is 2. The molecule has 1 amide bonds. The van der Waals surface area contributed by atoms with Gasteiger partial charge in [-0.1, -0.05) is 18.9 Å². The van der Waals surface area contributed by atoms with Gasteiger partial charge in [-0.05, 0) is 31.4 Å². The first-order chi connectivity index (χ1) is 7.83. The molecule has 0 radical (unpaired) electrons. The van der Waals surface area contributed by atoms with Crippen molar-refractivity contribution >= 4 is 6.41 Å². The molecular formula is C13H18N2O. The lowest BCUT2D eigenvalue weighted by atomic mass is 10.00. The lowest BCUT2D eigenvalue weighted by Gasteiger charge is -2.27. The monoisotopic (exact) mass is 218 g/mol. The molecule has 2 heterocycles. The van der Waals surface area contributed by atoms with Crippen LogP contribution in [0.15, 0.2) is 18.3 Å². The molecular weight excluding hydrogens is 200 g/mol. The summed E-state index contributed by atoms with van der Waals surface area (Å²) in [5.41, 5.74) is 2.25. The van der Waals surface area contributed by atoms with Gasteiger partial charge in [0.1, 0.15) is 0 Å². The topological polar surface area (TPSA) is 33.2 Å². The number of amides is 1. The van der Waals surface area contributed by atoms with E-state index in [1.54, 1.807) is 6.20 Å². The fourth-order valence-corrected chi connectivity index (χ4v) is 2.44. The Kier molecular flexibility index (Phi) is 3.54. The molecule has 3 heteroatoms. The second-order valence-corrected chi connectivity index (χ2v) is 4.39. The van der Waals surface area contributed by atoms with Crippen molar-refractivity contribution in [1.82, 2.24) is 9.88 Å². The van der Waals surface area contributed by atoms with Crippen LogP contribution in [0.2, 0.25) is 0 Å². The van der Waals surface area contributed by atoms with Crippen LogP contribution in [-0.4, -0.2) is 22.8 Å². The maximum atomic E-state index is 11.1. The van der Waals surface area contributed by atoms with Crippen molar-refractivity contribution in [3.05, 3.63) is 29.6 Å². The first-order valence-corrected chi connectivity index (χ1v) is 5.95. The summed E-state index contributed by atoms with van der Waals surface area (Å²) in [5, 5.41) is 0. The quantitative estimate of drug-likeness (QED) is 0.714. The standard InChI is InChI=1S/C13H18N2O/c1-11-12(6-5-8-14-11)13-7-3-2-4-9-15(13)10-16/h5-6,8,10,13H,2-4,7,9H2,1H3/t13-/m0/s1. The number of likely N-dealkylation sites (tertiary alicyclic amines) is 1. The molecule has 1 saturated heterocycles. The van der Waals surface area contributed by atoms with Gasteiger partial charge in [0.25, 0.3) is 0 Å². The number of rotatable bonds is 2. The third-order valence-electron chi connectivity index (χ3n) is 3.34. The summed E-state index contributed by atoms with van der Waals surface area (Å²) in [4.78, 5) is 17.4. The molecule has 0 aliphatic carbocycles. The minimum absolute atomic E-state index is 0.230. The summed E-state index contributed by atoms with van der Waals surface area (Å²) in [6, 6.07) is 4.28. The predicted octanol–water partition coefficient (Wildman–Crippen LogP) is 2.46. The van der Waals surface area contributed by atoms with E-state index in [4.69, 9.17) is 0 Å². The molecule has 0 saturated carbocycles. The Morgan fingerprint density at radius 2 is 2.31 bits per heavy atom. The van der Waals surface area contributed by atoms with Crippen LogP contribution >= 0.6 is 0 Å². The number of carbonyl (C=O) groups is 1. The Hall–Kier alpha value is -1.38. The van der Waals surface area contributed by atoms with Crippen molar-refractivity contribution in [2.45, 2.75) is 38.6 Å². The molecule has 0 bridgehead atoms. The van der Waals surface area contributed by atoms with Crippen LogP contribution in [0.25, 0.3) is 0 Å². The zero-order chi connectivity index (χ0) is 11.4. The lowest BCUT2D eigenvalue weighted by Crippen LogP contribution is -2.27. The van der Waals surface area contributed by atoms with Gasteiger partial charge in [0.05, 0.1) is 6.04 Å². The van der Waals surface area contributed by atoms with Crippen molar-refractivity contribution in [1.29, 1.82) is 0 Å². The van der Waals surface area contributed by atoms with Crippen LogP contribution in [-0.2, 0) is 4.79 Å². The minimum atomic E-state index is 0.230. The van der Waals surface area contributed by atoms with E-state index in [0.29, 0.717) is 0 Å². The van der Waals surface area contributed by atoms with E-state index in [1.807, 2.05) is 17.9 Å². The summed E-state index contributed by atoms with van der Waals surface area (Å²) in [6.45, 7) is 2.89. The molecule has 2 rings (SSSR count). The fraction of sp³-hybridized carbons (Fsp3) is 0.538. The normalized spacial score (nSPS) is 21.6. The van der Waals surface area contributed by atoms with Crippen LogP contribution in [0.3, 0.4) is 0 Å². The van der Waals surface area contributed by atoms with E-state index in [0.717, 1.165) is 31.5 Å². The third kappa shape index (κ3) is 2.23. The number of pyridine rings is 1. The minimum Gasteiger partial charge on any atom is -0.338 e. The van der Waals surface area contributed by atoms with Crippen LogP contribution in [0, 0.1) is 6.92 Å². The molecule has 1 atom stereocenters. The number of aromatic nitrogens is 1. The van der Waals surface area contributed by atoms with Crippen LogP contribution in [0.5, 0.6) is 0 Å². The molecule has 1 fully saturated rings. The highest BCUT2D eigenvalue weighted by Crippen LogP contribution is 2.29. The van der Waals surface area contributed by atoms with Gasteiger partial charge in [-0.3, -0.25) is 9.78 Å². The Morgan fingerprint density at radius 3 is 3.06 bits per heavy atom. The first-order valence-electron chi connectivity index (χ1n) is 5.95. The first kappa shape index (κ1) is 11.1. The Bertz CT molecular complexity index is 365. The summed E-state index contributed by atoms with van der Waals surface area (Å²) in [7, 11) is 0. The van der Waals surface area contributed by atoms with Crippen molar-refractivity contribution in [3.8, 4) is 0 Å². The van der Waals surface area contributed by atoms with Gasteiger partial charge in [-0.2, -0.15) is 0 Å². The van der Waals surface area contributed by atoms with Gasteiger partial charge in [0.15, 0.2) is 0 Å². The van der Waals surface area contributed by atoms with E-state index < -0.39 is 0 Å². The van der Waals surface area contributed by atoms with E-state index in [-0.39, 0.29) is 6.04 Å². The second kappa shape index (κ2) is 5.10. The molecule has 0 N–H and O–H groups in total. The lowest BCUT2D eigenvalue weighted by molar-refractivity contribution is -0.120. The molecule has 16 heavy (non-hydrogen) atoms. The maximum Gasteiger partial charge on any atom is 0.210 e. The van der Waals surface area contributed by atoms with Crippen molar-refractivity contribution in [2.24, 2.45) is 0 Å². The molecule has 1 aromatic rings. The van der Waals surface area contributed by atoms with E-state index in [2.05, 4.69) is 11.1 Å². The highest BCUT2D eigenvalue weighted by molar-refractivity contribution is 5.49. The van der Waals surface area contributed by atoms with Crippen molar-refractivity contribution < 1.29 is 4.79 Å². The Morgan fingerprint density at radius 1 is 1.44 bits per heavy atom. The summed E-state index contributed by atoms with van der Waals surface area (Å²) in [5.74, 6) is 0. The van der Waals surface area contributed by atoms with Gasteiger partial charge in [-0.15, -0.1) is 0 Å². The van der Waals surface area contributed by atoms with Gasteiger partial charge in [0, 0.05) is 18.4 Å². The molecule has 0 spiro atoms. The number of nitrogens with zero attached hydrogens (tertiary/aromatic N) is 2. The van der Waals surface area contributed by atoms with E-state index >= 15 is 0 Å². The highest BCUT2D eigenvalue weighted by Gasteiger charge is 2.22. The molecule has 1 aromatic heterocycles. The third-order valence-corrected chi connectivity index (χ3v) is 3.34. The molecule has 86 valence electrons. The fourth-order valence-electron chi connectivity index (χ4n) is 2.44. The molecule has 0 aromatic carbocycles. The molecule has 3 nitrogen and oxygen atoms in total. The summed E-state index contributed by atoms with van der Waals surface area (Å²) in [6.07, 6.45) is 7.40. The van der Waals surface area contributed by atoms with Gasteiger partial charge >= 0.3 is 0 Å². The summed E-state index contributed by atoms with van der Waals surface area (Å²) >= 11 is 0. The largest absolute Gasteiger partial charge is 0.338 e. The second-order valence-electron chi connectivity index (χ2n) is 4.39. The molecule has 1 aliphatic heterocycles. The van der Waals surface area contributed by atoms with E-state index in [9.17, 15) is 4.79 Å². The average molecular weight is 218 g/mol. The number of hydrogen-bond donors (Lipinski definition) is 0. The molecule has 1 aliphatic rings. The number of carbonyl (C=O) groups excluding carboxylic acids is 1. The predicted molar refractivity (Wildman–Crippen MR) is 63.0 cm³/mol. The van der Waals surface area contributed by atoms with Gasteiger partial charge in [-0.25, -0.2) is 0 Å². The SMILES string of the molecule is Cc1ncccc1[C@@H]1CCCCCN1C=O. The Labute approximate surface area is 96.5 Å². The van der Waals surface area contributed by atoms with Crippen LogP contribution < -0.4 is 0 Å². The smallest absolute Gasteiger partial charge is 0.210 e. The van der Waals surface area contributed by atoms with Crippen LogP contribution in [0.4, 0.5) is 0 Å². The average Bonchev–Trinajstić information content (AvgIpc) is 2.54. The maximum absolute atomic E-state index is 11.1. The highest BCUT2D eigenvalue weighted by atomic mass is 16.1. The van der Waals surface area contributed by atoms with Gasteiger partial charge < -0.3 is 4.90 Å². The summed E-state index contributed by atoms with van der Waals surface area (Å²) < 4.78 is 0. The van der Waals surface area contributed by atoms with Crippen molar-refractivity contribution in [3.63, 3.8) is 0 Å². The van der Waals surface area contributed by atoms with Gasteiger partial charge in [0.2, 0.25) is 6.41 Å². The van der Waals surface area contributed by atoms with E-state index in [1.165, 1.54) is 18.4 Å². The zero-order valence-corrected chi connectivity index (χ0v) is 9.72. The zero-order valence-electron chi connectivity index (χ0n) is 9.72.